The van der Waals surface area contributed by atoms with Crippen LogP contribution in [-0.4, -0.2) is 64.5 Å². The summed E-state index contributed by atoms with van der Waals surface area (Å²) in [6.07, 6.45) is -3.54. The molecule has 0 aliphatic carbocycles. The number of aromatic nitrogens is 2. The van der Waals surface area contributed by atoms with Crippen molar-refractivity contribution in [3.05, 3.63) is 63.8 Å². The van der Waals surface area contributed by atoms with Crippen LogP contribution in [0.2, 0.25) is 10.0 Å². The Morgan fingerprint density at radius 1 is 1.10 bits per heavy atom. The maximum atomic E-state index is 13.3. The number of nitrogens with zero attached hydrogens (tertiary/aromatic N) is 4. The van der Waals surface area contributed by atoms with Crippen molar-refractivity contribution in [1.29, 1.82) is 0 Å². The number of hydrazine groups is 1. The van der Waals surface area contributed by atoms with Gasteiger partial charge in [-0.3, -0.25) is 10.0 Å². The van der Waals surface area contributed by atoms with Gasteiger partial charge in [-0.15, -0.1) is 5.17 Å². The molecule has 1 aliphatic rings. The Labute approximate surface area is 238 Å². The van der Waals surface area contributed by atoms with E-state index in [1.54, 1.807) is 19.1 Å². The number of carbonyl (C=O) groups is 1. The molecule has 1 saturated heterocycles. The van der Waals surface area contributed by atoms with E-state index in [-0.39, 0.29) is 16.5 Å². The Morgan fingerprint density at radius 2 is 1.75 bits per heavy atom. The molecule has 0 atom stereocenters. The number of hydrogen-bond acceptors (Lipinski definition) is 7. The van der Waals surface area contributed by atoms with Gasteiger partial charge in [-0.25, -0.2) is 4.68 Å². The lowest BCUT2D eigenvalue weighted by Gasteiger charge is -2.31. The van der Waals surface area contributed by atoms with Crippen molar-refractivity contribution in [3.8, 4) is 22.7 Å². The molecule has 0 spiro atoms. The van der Waals surface area contributed by atoms with Crippen molar-refractivity contribution in [1.82, 2.24) is 20.0 Å². The van der Waals surface area contributed by atoms with Gasteiger partial charge in [0.05, 0.1) is 28.6 Å². The van der Waals surface area contributed by atoms with Crippen molar-refractivity contribution < 1.29 is 35.8 Å². The van der Waals surface area contributed by atoms with E-state index in [0.29, 0.717) is 45.8 Å². The van der Waals surface area contributed by atoms with E-state index in [9.17, 15) is 31.6 Å². The van der Waals surface area contributed by atoms with Crippen LogP contribution < -0.4 is 4.18 Å². The summed E-state index contributed by atoms with van der Waals surface area (Å²) < 4.78 is 67.6. The van der Waals surface area contributed by atoms with Gasteiger partial charge in [0, 0.05) is 29.2 Å². The summed E-state index contributed by atoms with van der Waals surface area (Å²) in [5.74, 6) is -2.17. The molecule has 9 nitrogen and oxygen atoms in total. The minimum absolute atomic E-state index is 0.0517. The third kappa shape index (κ3) is 7.07. The fourth-order valence-corrected chi connectivity index (χ4v) is 5.71. The predicted octanol–water partition coefficient (Wildman–Crippen LogP) is 6.05. The number of alkyl halides is 3. The predicted molar refractivity (Wildman–Crippen MR) is 142 cm³/mol. The molecule has 1 fully saturated rings. The smallest absolute Gasteiger partial charge is 0.382 e. The van der Waals surface area contributed by atoms with E-state index in [0.717, 1.165) is 19.3 Å². The Balaban J connectivity index is 1.71. The maximum absolute atomic E-state index is 13.3. The third-order valence-corrected chi connectivity index (χ3v) is 7.92. The number of hydroxylamine groups is 1. The maximum Gasteiger partial charge on any atom is 0.390 e. The van der Waals surface area contributed by atoms with Crippen molar-refractivity contribution in [3.63, 3.8) is 0 Å². The number of rotatable bonds is 8. The number of benzene rings is 2. The van der Waals surface area contributed by atoms with Gasteiger partial charge in [-0.2, -0.15) is 31.7 Å². The summed E-state index contributed by atoms with van der Waals surface area (Å²) in [5, 5.41) is 17.8. The van der Waals surface area contributed by atoms with Gasteiger partial charge in [0.1, 0.15) is 5.75 Å². The minimum atomic E-state index is -4.65. The molecule has 1 N–H and O–H groups in total. The first-order chi connectivity index (χ1) is 18.8. The SMILES string of the molecule is Cc1c(C(=O)N(O)N2CCCCC2)nn(-c2ccc(Cl)cc2Cl)c1-c1ccc(OS(=O)(=O)CCC(F)(F)F)cc1. The Kier molecular flexibility index (Phi) is 9.00. The zero-order valence-corrected chi connectivity index (χ0v) is 23.5. The van der Waals surface area contributed by atoms with Crippen molar-refractivity contribution >= 4 is 39.2 Å². The number of hydrogen-bond donors (Lipinski definition) is 1. The van der Waals surface area contributed by atoms with Gasteiger partial charge in [0.25, 0.3) is 0 Å². The average Bonchev–Trinajstić information content (AvgIpc) is 3.23. The van der Waals surface area contributed by atoms with Crippen LogP contribution in [0, 0.1) is 6.92 Å². The Hall–Kier alpha value is -2.84. The van der Waals surface area contributed by atoms with Crippen LogP contribution in [0.1, 0.15) is 41.7 Å². The molecule has 4 rings (SSSR count). The fraction of sp³-hybridized carbons (Fsp3) is 0.360. The van der Waals surface area contributed by atoms with Gasteiger partial charge < -0.3 is 4.18 Å². The van der Waals surface area contributed by atoms with Gasteiger partial charge in [-0.1, -0.05) is 29.6 Å². The van der Waals surface area contributed by atoms with E-state index < -0.39 is 34.4 Å². The number of piperidine rings is 1. The topological polar surface area (TPSA) is 105 Å². The van der Waals surface area contributed by atoms with Crippen LogP contribution in [0.4, 0.5) is 13.2 Å². The zero-order valence-electron chi connectivity index (χ0n) is 21.2. The highest BCUT2D eigenvalue weighted by Crippen LogP contribution is 2.34. The van der Waals surface area contributed by atoms with Gasteiger partial charge in [0.15, 0.2) is 5.69 Å². The summed E-state index contributed by atoms with van der Waals surface area (Å²) in [5.41, 5.74) is 1.56. The Morgan fingerprint density at radius 3 is 2.35 bits per heavy atom. The second kappa shape index (κ2) is 12.0. The van der Waals surface area contributed by atoms with Gasteiger partial charge >= 0.3 is 22.2 Å². The lowest BCUT2D eigenvalue weighted by molar-refractivity contribution is -0.208. The van der Waals surface area contributed by atoms with Gasteiger partial charge in [-0.05, 0) is 62.2 Å². The molecule has 1 aromatic heterocycles. The molecular weight excluding hydrogens is 596 g/mol. The number of carbonyl (C=O) groups excluding carboxylic acids is 1. The highest BCUT2D eigenvalue weighted by Gasteiger charge is 2.31. The second-order valence-electron chi connectivity index (χ2n) is 9.17. The monoisotopic (exact) mass is 620 g/mol. The van der Waals surface area contributed by atoms with Crippen molar-refractivity contribution in [2.45, 2.75) is 38.8 Å². The normalized spacial score (nSPS) is 14.8. The lowest BCUT2D eigenvalue weighted by Crippen LogP contribution is -2.47. The molecule has 0 saturated carbocycles. The molecule has 0 radical (unpaired) electrons. The molecule has 216 valence electrons. The van der Waals surface area contributed by atoms with E-state index in [1.807, 2.05) is 0 Å². The van der Waals surface area contributed by atoms with E-state index in [1.165, 1.54) is 40.0 Å². The molecule has 3 aromatic rings. The highest BCUT2D eigenvalue weighted by molar-refractivity contribution is 7.87. The first-order valence-corrected chi connectivity index (χ1v) is 14.5. The van der Waals surface area contributed by atoms with E-state index in [4.69, 9.17) is 27.4 Å². The quantitative estimate of drug-likeness (QED) is 0.186. The van der Waals surface area contributed by atoms with Crippen LogP contribution >= 0.6 is 23.2 Å². The van der Waals surface area contributed by atoms with E-state index in [2.05, 4.69) is 5.10 Å². The van der Waals surface area contributed by atoms with Crippen LogP contribution in [0.15, 0.2) is 42.5 Å². The van der Waals surface area contributed by atoms with E-state index >= 15 is 0 Å². The summed E-state index contributed by atoms with van der Waals surface area (Å²) in [4.78, 5) is 13.3. The molecule has 15 heteroatoms. The molecule has 40 heavy (non-hydrogen) atoms. The van der Waals surface area contributed by atoms with Crippen LogP contribution in [0.3, 0.4) is 0 Å². The standard InChI is InChI=1S/C25H25Cl2F3N4O5S/c1-16-22(24(35)34(36)32-12-3-2-4-13-32)31-33(21-10-7-18(26)15-20(21)27)23(16)17-5-8-19(9-6-17)39-40(37,38)14-11-25(28,29)30/h5-10,15,36H,2-4,11-14H2,1H3. The fourth-order valence-electron chi connectivity index (χ4n) is 4.25. The number of halogens is 5. The first-order valence-electron chi connectivity index (χ1n) is 12.2. The number of amides is 1. The summed E-state index contributed by atoms with van der Waals surface area (Å²) >= 11 is 12.5. The minimum Gasteiger partial charge on any atom is -0.382 e. The van der Waals surface area contributed by atoms with Crippen LogP contribution in [0.5, 0.6) is 5.75 Å². The van der Waals surface area contributed by atoms with Crippen molar-refractivity contribution in [2.75, 3.05) is 18.8 Å². The average molecular weight is 621 g/mol. The molecule has 1 aliphatic heterocycles. The molecule has 2 aromatic carbocycles. The molecule has 2 heterocycles. The van der Waals surface area contributed by atoms with Crippen LogP contribution in [0.25, 0.3) is 16.9 Å². The summed E-state index contributed by atoms with van der Waals surface area (Å²) in [7, 11) is -4.49. The highest BCUT2D eigenvalue weighted by atomic mass is 35.5. The second-order valence-corrected chi connectivity index (χ2v) is 11.7. The third-order valence-electron chi connectivity index (χ3n) is 6.23. The zero-order chi connectivity index (χ0) is 29.2. The molecule has 0 unspecified atom stereocenters. The first kappa shape index (κ1) is 30.1. The molecule has 0 bridgehead atoms. The molecule has 1 amide bonds. The van der Waals surface area contributed by atoms with Crippen LogP contribution in [-0.2, 0) is 10.1 Å². The summed E-state index contributed by atoms with van der Waals surface area (Å²) in [6, 6.07) is 10.2. The Bertz CT molecular complexity index is 1490. The summed E-state index contributed by atoms with van der Waals surface area (Å²) in [6.45, 7) is 2.64. The molecular formula is C25H25Cl2F3N4O5S. The lowest BCUT2D eigenvalue weighted by atomic mass is 10.1. The largest absolute Gasteiger partial charge is 0.390 e. The van der Waals surface area contributed by atoms with Crippen molar-refractivity contribution in [2.24, 2.45) is 0 Å². The van der Waals surface area contributed by atoms with Gasteiger partial charge in [0.2, 0.25) is 0 Å².